The highest BCUT2D eigenvalue weighted by atomic mass is 16.5. The van der Waals surface area contributed by atoms with E-state index in [1.807, 2.05) is 38.1 Å². The molecule has 3 nitrogen and oxygen atoms in total. The van der Waals surface area contributed by atoms with Crippen LogP contribution in [0.2, 0.25) is 0 Å². The highest BCUT2D eigenvalue weighted by molar-refractivity contribution is 5.39. The molecule has 0 fully saturated rings. The van der Waals surface area contributed by atoms with Crippen molar-refractivity contribution in [1.29, 1.82) is 0 Å². The van der Waals surface area contributed by atoms with Gasteiger partial charge in [0.1, 0.15) is 5.75 Å². The molecular formula is C12H18N2O. The molecule has 0 saturated carbocycles. The third kappa shape index (κ3) is 2.81. The van der Waals surface area contributed by atoms with Gasteiger partial charge in [0.15, 0.2) is 0 Å². The van der Waals surface area contributed by atoms with Crippen LogP contribution in [0, 0.1) is 0 Å². The first-order chi connectivity index (χ1) is 7.20. The lowest BCUT2D eigenvalue weighted by molar-refractivity contribution is 0.333. The zero-order valence-electron chi connectivity index (χ0n) is 9.29. The first kappa shape index (κ1) is 11.8. The molecular weight excluding hydrogens is 188 g/mol. The summed E-state index contributed by atoms with van der Waals surface area (Å²) < 4.78 is 5.53. The smallest absolute Gasteiger partial charge is 0.124 e. The lowest BCUT2D eigenvalue weighted by Crippen LogP contribution is -2.28. The van der Waals surface area contributed by atoms with Crippen molar-refractivity contribution in [2.45, 2.75) is 19.9 Å². The van der Waals surface area contributed by atoms with E-state index < -0.39 is 0 Å². The van der Waals surface area contributed by atoms with Gasteiger partial charge in [-0.1, -0.05) is 30.4 Å². The van der Waals surface area contributed by atoms with Crippen molar-refractivity contribution in [3.8, 4) is 5.75 Å². The summed E-state index contributed by atoms with van der Waals surface area (Å²) in [5.74, 6) is 6.36. The van der Waals surface area contributed by atoms with Gasteiger partial charge in [-0.25, -0.2) is 5.43 Å². The Morgan fingerprint density at radius 1 is 1.53 bits per heavy atom. The highest BCUT2D eigenvalue weighted by Gasteiger charge is 2.14. The largest absolute Gasteiger partial charge is 0.494 e. The Morgan fingerprint density at radius 3 is 2.73 bits per heavy atom. The van der Waals surface area contributed by atoms with Gasteiger partial charge in [0.25, 0.3) is 0 Å². The van der Waals surface area contributed by atoms with Gasteiger partial charge in [-0.15, -0.1) is 0 Å². The van der Waals surface area contributed by atoms with Crippen molar-refractivity contribution >= 4 is 0 Å². The molecule has 0 amide bonds. The van der Waals surface area contributed by atoms with Crippen LogP contribution in [0.15, 0.2) is 36.4 Å². The van der Waals surface area contributed by atoms with Gasteiger partial charge < -0.3 is 4.74 Å². The quantitative estimate of drug-likeness (QED) is 0.441. The maximum absolute atomic E-state index is 5.53. The molecule has 0 heterocycles. The zero-order chi connectivity index (χ0) is 11.3. The summed E-state index contributed by atoms with van der Waals surface area (Å²) in [6, 6.07) is 7.77. The van der Waals surface area contributed by atoms with E-state index in [4.69, 9.17) is 10.6 Å². The molecule has 0 spiro atoms. The van der Waals surface area contributed by atoms with Crippen molar-refractivity contribution in [3.63, 3.8) is 0 Å². The molecule has 15 heavy (non-hydrogen) atoms. The van der Waals surface area contributed by atoms with Gasteiger partial charge >= 0.3 is 0 Å². The average Bonchev–Trinajstić information content (AvgIpc) is 2.21. The van der Waals surface area contributed by atoms with Crippen molar-refractivity contribution in [2.75, 3.05) is 6.61 Å². The first-order valence-electron chi connectivity index (χ1n) is 5.04. The fourth-order valence-corrected chi connectivity index (χ4v) is 1.50. The van der Waals surface area contributed by atoms with E-state index in [1.54, 1.807) is 0 Å². The van der Waals surface area contributed by atoms with E-state index in [2.05, 4.69) is 12.0 Å². The van der Waals surface area contributed by atoms with Crippen molar-refractivity contribution < 1.29 is 4.74 Å². The minimum absolute atomic E-state index is 0.0623. The Bertz CT molecular complexity index is 336. The number of hydrogen-bond donors (Lipinski definition) is 2. The van der Waals surface area contributed by atoms with Gasteiger partial charge in [-0.05, 0) is 19.9 Å². The number of rotatable bonds is 5. The van der Waals surface area contributed by atoms with Crippen molar-refractivity contribution in [2.24, 2.45) is 5.84 Å². The van der Waals surface area contributed by atoms with Crippen LogP contribution in [0.3, 0.4) is 0 Å². The molecule has 0 aliphatic heterocycles. The van der Waals surface area contributed by atoms with Crippen LogP contribution in [0.4, 0.5) is 0 Å². The van der Waals surface area contributed by atoms with E-state index in [9.17, 15) is 0 Å². The Balaban J connectivity index is 3.04. The predicted molar refractivity (Wildman–Crippen MR) is 62.5 cm³/mol. The number of ether oxygens (including phenoxy) is 1. The van der Waals surface area contributed by atoms with E-state index in [1.165, 1.54) is 0 Å². The third-order valence-electron chi connectivity index (χ3n) is 2.19. The molecule has 1 atom stereocenters. The van der Waals surface area contributed by atoms with Gasteiger partial charge in [-0.2, -0.15) is 0 Å². The Kier molecular flexibility index (Phi) is 4.34. The lowest BCUT2D eigenvalue weighted by Gasteiger charge is -2.19. The second-order valence-electron chi connectivity index (χ2n) is 3.42. The Labute approximate surface area is 90.9 Å². The summed E-state index contributed by atoms with van der Waals surface area (Å²) in [7, 11) is 0. The van der Waals surface area contributed by atoms with Crippen LogP contribution in [-0.2, 0) is 0 Å². The maximum Gasteiger partial charge on any atom is 0.124 e. The van der Waals surface area contributed by atoms with Crippen molar-refractivity contribution in [3.05, 3.63) is 42.0 Å². The topological polar surface area (TPSA) is 47.3 Å². The van der Waals surface area contributed by atoms with Gasteiger partial charge in [-0.3, -0.25) is 5.84 Å². The number of para-hydroxylation sites is 1. The monoisotopic (exact) mass is 206 g/mol. The molecule has 1 aromatic rings. The van der Waals surface area contributed by atoms with Gasteiger partial charge in [0, 0.05) is 5.56 Å². The SMILES string of the molecule is C=C(C)C(NN)c1ccccc1OCC. The van der Waals surface area contributed by atoms with E-state index >= 15 is 0 Å². The number of hydrogen-bond acceptors (Lipinski definition) is 3. The van der Waals surface area contributed by atoms with Crippen LogP contribution in [0.25, 0.3) is 0 Å². The molecule has 1 rings (SSSR count). The van der Waals surface area contributed by atoms with E-state index in [0.29, 0.717) is 6.61 Å². The third-order valence-corrected chi connectivity index (χ3v) is 2.19. The fourth-order valence-electron chi connectivity index (χ4n) is 1.50. The molecule has 0 aliphatic carbocycles. The number of nitrogens with one attached hydrogen (secondary N) is 1. The summed E-state index contributed by atoms with van der Waals surface area (Å²) in [6.45, 7) is 8.45. The Hall–Kier alpha value is -1.32. The van der Waals surface area contributed by atoms with Crippen LogP contribution in [0.1, 0.15) is 25.5 Å². The molecule has 1 aromatic carbocycles. The number of nitrogens with two attached hydrogens (primary N) is 1. The molecule has 0 bridgehead atoms. The summed E-state index contributed by atoms with van der Waals surface area (Å²) in [4.78, 5) is 0. The highest BCUT2D eigenvalue weighted by Crippen LogP contribution is 2.28. The molecule has 0 saturated heterocycles. The lowest BCUT2D eigenvalue weighted by atomic mass is 10.0. The van der Waals surface area contributed by atoms with Gasteiger partial charge in [0.2, 0.25) is 0 Å². The standard InChI is InChI=1S/C12H18N2O/c1-4-15-11-8-6-5-7-10(11)12(14-13)9(2)3/h5-8,12,14H,2,4,13H2,1,3H3. The van der Waals surface area contributed by atoms with Crippen molar-refractivity contribution in [1.82, 2.24) is 5.43 Å². The zero-order valence-corrected chi connectivity index (χ0v) is 9.29. The fraction of sp³-hybridized carbons (Fsp3) is 0.333. The normalized spacial score (nSPS) is 12.2. The molecule has 0 radical (unpaired) electrons. The minimum Gasteiger partial charge on any atom is -0.494 e. The molecule has 3 N–H and O–H groups in total. The van der Waals surface area contributed by atoms with Gasteiger partial charge in [0.05, 0.1) is 12.6 Å². The summed E-state index contributed by atoms with van der Waals surface area (Å²) in [6.07, 6.45) is 0. The minimum atomic E-state index is -0.0623. The predicted octanol–water partition coefficient (Wildman–Crippen LogP) is 2.17. The van der Waals surface area contributed by atoms with Crippen LogP contribution >= 0.6 is 0 Å². The summed E-state index contributed by atoms with van der Waals surface area (Å²) in [5, 5.41) is 0. The summed E-state index contributed by atoms with van der Waals surface area (Å²) >= 11 is 0. The molecule has 82 valence electrons. The summed E-state index contributed by atoms with van der Waals surface area (Å²) in [5.41, 5.74) is 4.72. The van der Waals surface area contributed by atoms with E-state index in [-0.39, 0.29) is 6.04 Å². The van der Waals surface area contributed by atoms with Crippen LogP contribution in [0.5, 0.6) is 5.75 Å². The van der Waals surface area contributed by atoms with E-state index in [0.717, 1.165) is 16.9 Å². The van der Waals surface area contributed by atoms with Crippen LogP contribution < -0.4 is 16.0 Å². The molecule has 1 unspecified atom stereocenters. The second-order valence-corrected chi connectivity index (χ2v) is 3.42. The molecule has 0 aromatic heterocycles. The number of benzene rings is 1. The van der Waals surface area contributed by atoms with Crippen LogP contribution in [-0.4, -0.2) is 6.61 Å². The molecule has 0 aliphatic rings. The first-order valence-corrected chi connectivity index (χ1v) is 5.04. The molecule has 3 heteroatoms. The second kappa shape index (κ2) is 5.53. The Morgan fingerprint density at radius 2 is 2.20 bits per heavy atom. The average molecular weight is 206 g/mol. The maximum atomic E-state index is 5.53. The number of hydrazine groups is 1.